The Bertz CT molecular complexity index is 808. The first-order chi connectivity index (χ1) is 21.8. The average molecular weight is 651 g/mol. The molecule has 3 heterocycles. The van der Waals surface area contributed by atoms with Crippen molar-refractivity contribution in [1.82, 2.24) is 51.5 Å². The van der Waals surface area contributed by atoms with Gasteiger partial charge in [-0.2, -0.15) is 10.2 Å². The monoisotopic (exact) mass is 651 g/mol. The summed E-state index contributed by atoms with van der Waals surface area (Å²) in [7, 11) is 0. The van der Waals surface area contributed by atoms with Crippen LogP contribution in [-0.4, -0.2) is 95.6 Å². The molecule has 0 fully saturated rings. The minimum Gasteiger partial charge on any atom is -0.310 e. The number of nitrogens with zero attached hydrogens (tertiary/aromatic N) is 4. The molecule has 2 aromatic rings. The smallest absolute Gasteiger partial charge is 0.0763 e. The van der Waals surface area contributed by atoms with Gasteiger partial charge in [-0.25, -0.2) is 0 Å². The van der Waals surface area contributed by atoms with Gasteiger partial charge in [-0.05, 0) is 38.1 Å². The highest BCUT2D eigenvalue weighted by molar-refractivity contribution is 5.85. The molecule has 0 radical (unpaired) electrons. The maximum atomic E-state index is 4.56. The molecule has 2 aromatic heterocycles. The summed E-state index contributed by atoms with van der Waals surface area (Å²) in [6, 6.07) is 4.41. The Kier molecular flexibility index (Phi) is 23.4. The van der Waals surface area contributed by atoms with E-state index in [0.717, 1.165) is 101 Å². The number of nitrogens with one attached hydrogen (secondary N) is 6. The van der Waals surface area contributed by atoms with Gasteiger partial charge in [-0.15, -0.1) is 12.4 Å². The molecule has 1 aliphatic heterocycles. The van der Waals surface area contributed by atoms with E-state index in [4.69, 9.17) is 0 Å². The van der Waals surface area contributed by atoms with Crippen LogP contribution in [0.1, 0.15) is 114 Å². The number of hydrogen-bond donors (Lipinski definition) is 6. The van der Waals surface area contributed by atoms with Gasteiger partial charge in [0.05, 0.1) is 11.4 Å². The molecule has 11 heteroatoms. The molecule has 10 nitrogen and oxygen atoms in total. The van der Waals surface area contributed by atoms with Gasteiger partial charge in [0.1, 0.15) is 0 Å². The summed E-state index contributed by atoms with van der Waals surface area (Å²) in [5, 5.41) is 30.1. The van der Waals surface area contributed by atoms with Gasteiger partial charge in [0.15, 0.2) is 0 Å². The van der Waals surface area contributed by atoms with Crippen molar-refractivity contribution >= 4 is 12.4 Å². The molecular weight excluding hydrogens is 584 g/mol. The fourth-order valence-corrected chi connectivity index (χ4v) is 5.91. The second-order valence-electron chi connectivity index (χ2n) is 12.7. The topological polar surface area (TPSA) is 112 Å². The van der Waals surface area contributed by atoms with Crippen molar-refractivity contribution in [3.05, 3.63) is 34.9 Å². The average Bonchev–Trinajstić information content (AvgIpc) is 3.69. The minimum atomic E-state index is 0. The van der Waals surface area contributed by atoms with Crippen molar-refractivity contribution in [2.75, 3.05) is 65.4 Å². The fourth-order valence-electron chi connectivity index (χ4n) is 5.91. The van der Waals surface area contributed by atoms with E-state index < -0.39 is 0 Å². The molecule has 3 rings (SSSR count). The molecule has 0 saturated heterocycles. The van der Waals surface area contributed by atoms with E-state index >= 15 is 0 Å². The van der Waals surface area contributed by atoms with Gasteiger partial charge in [0.2, 0.25) is 0 Å². The molecule has 6 N–H and O–H groups in total. The van der Waals surface area contributed by atoms with E-state index in [2.05, 4.69) is 77.4 Å². The molecule has 0 amide bonds. The molecule has 260 valence electrons. The lowest BCUT2D eigenvalue weighted by atomic mass is 10.1. The Morgan fingerprint density at radius 2 is 0.867 bits per heavy atom. The van der Waals surface area contributed by atoms with Crippen LogP contribution in [0.25, 0.3) is 0 Å². The summed E-state index contributed by atoms with van der Waals surface area (Å²) in [6.07, 6.45) is 16.1. The van der Waals surface area contributed by atoms with Crippen molar-refractivity contribution in [2.45, 2.75) is 117 Å². The Balaban J connectivity index is 0.00000705. The minimum absolute atomic E-state index is 0. The number of fused-ring (bicyclic) bond motifs is 4. The molecule has 4 bridgehead atoms. The Hall–Kier alpha value is -1.53. The number of H-pyrrole nitrogens is 2. The van der Waals surface area contributed by atoms with E-state index in [1.807, 2.05) is 0 Å². The molecule has 45 heavy (non-hydrogen) atoms. The van der Waals surface area contributed by atoms with Crippen LogP contribution in [0.4, 0.5) is 0 Å². The van der Waals surface area contributed by atoms with Crippen molar-refractivity contribution in [3.8, 4) is 0 Å². The lowest BCUT2D eigenvalue weighted by molar-refractivity contribution is 0.265. The molecule has 0 atom stereocenters. The fraction of sp³-hybridized carbons (Fsp3) is 0.824. The maximum absolute atomic E-state index is 4.56. The van der Waals surface area contributed by atoms with Gasteiger partial charge in [-0.1, -0.05) is 78.1 Å². The zero-order valence-electron chi connectivity index (χ0n) is 28.7. The first kappa shape index (κ1) is 39.6. The van der Waals surface area contributed by atoms with Crippen LogP contribution in [0.2, 0.25) is 0 Å². The Morgan fingerprint density at radius 1 is 0.511 bits per heavy atom. The van der Waals surface area contributed by atoms with Gasteiger partial charge in [0.25, 0.3) is 0 Å². The number of hydrogen-bond acceptors (Lipinski definition) is 8. The van der Waals surface area contributed by atoms with Gasteiger partial charge in [-0.3, -0.25) is 10.2 Å². The van der Waals surface area contributed by atoms with Gasteiger partial charge >= 0.3 is 0 Å². The van der Waals surface area contributed by atoms with E-state index in [9.17, 15) is 0 Å². The predicted octanol–water partition coefficient (Wildman–Crippen LogP) is 4.95. The highest BCUT2D eigenvalue weighted by atomic mass is 35.5. The molecule has 0 aliphatic carbocycles. The maximum Gasteiger partial charge on any atom is 0.0763 e. The summed E-state index contributed by atoms with van der Waals surface area (Å²) in [5.41, 5.74) is 4.51. The van der Waals surface area contributed by atoms with Crippen LogP contribution in [0.15, 0.2) is 12.1 Å². The number of halogens is 1. The van der Waals surface area contributed by atoms with Crippen LogP contribution in [0.3, 0.4) is 0 Å². The third-order valence-electron chi connectivity index (χ3n) is 8.69. The van der Waals surface area contributed by atoms with Crippen LogP contribution in [0.5, 0.6) is 0 Å². The summed E-state index contributed by atoms with van der Waals surface area (Å²) in [4.78, 5) is 5.21. The summed E-state index contributed by atoms with van der Waals surface area (Å²) >= 11 is 0. The number of rotatable bonds is 14. The van der Waals surface area contributed by atoms with Crippen LogP contribution in [-0.2, 0) is 26.2 Å². The van der Waals surface area contributed by atoms with E-state index in [0.29, 0.717) is 0 Å². The second kappa shape index (κ2) is 26.5. The third-order valence-corrected chi connectivity index (χ3v) is 8.69. The third kappa shape index (κ3) is 19.0. The van der Waals surface area contributed by atoms with E-state index in [1.165, 1.54) is 90.1 Å². The van der Waals surface area contributed by atoms with E-state index in [-0.39, 0.29) is 12.4 Å². The zero-order chi connectivity index (χ0) is 30.9. The SMILES string of the molecule is CCCCCCCCN1CCNCc2cc([nH]n2)CNCCN(CCCCCCCC)CCNCc2cc(n[nH]2)CNCC1.Cl. The summed E-state index contributed by atoms with van der Waals surface area (Å²) in [6.45, 7) is 18.3. The molecule has 0 unspecified atom stereocenters. The van der Waals surface area contributed by atoms with E-state index in [1.54, 1.807) is 0 Å². The normalized spacial score (nSPS) is 17.5. The highest BCUT2D eigenvalue weighted by Gasteiger charge is 2.09. The number of aromatic amines is 2. The first-order valence-electron chi connectivity index (χ1n) is 18.1. The molecule has 0 saturated carbocycles. The molecule has 0 spiro atoms. The first-order valence-corrected chi connectivity index (χ1v) is 18.1. The quantitative estimate of drug-likeness (QED) is 0.159. The Morgan fingerprint density at radius 3 is 1.27 bits per heavy atom. The van der Waals surface area contributed by atoms with Crippen molar-refractivity contribution in [3.63, 3.8) is 0 Å². The van der Waals surface area contributed by atoms with Gasteiger partial charge in [0, 0.05) is 89.9 Å². The van der Waals surface area contributed by atoms with Crippen LogP contribution >= 0.6 is 12.4 Å². The number of unbranched alkanes of at least 4 members (excludes halogenated alkanes) is 10. The highest BCUT2D eigenvalue weighted by Crippen LogP contribution is 2.08. The van der Waals surface area contributed by atoms with Crippen molar-refractivity contribution < 1.29 is 0 Å². The standard InChI is InChI=1S/C34H66N10.ClH/c1-3-5-7-9-11-13-19-43-21-15-35-27-31-25-33(41-39-31)29-37-17-23-44(20-14-12-10-8-6-4-2)24-18-38-30-34-26-32(40-42-34)28-36-16-22-43;/h25-26,35-38H,3-24,27-30H2,1-2H3,(H,39,41)(H,40,42);1H. The van der Waals surface area contributed by atoms with Crippen LogP contribution < -0.4 is 21.3 Å². The lowest BCUT2D eigenvalue weighted by Gasteiger charge is -2.23. The predicted molar refractivity (Wildman–Crippen MR) is 191 cm³/mol. The second-order valence-corrected chi connectivity index (χ2v) is 12.7. The lowest BCUT2D eigenvalue weighted by Crippen LogP contribution is -2.37. The molecule has 1 aliphatic rings. The molecular formula is C34H67ClN10. The zero-order valence-corrected chi connectivity index (χ0v) is 29.6. The van der Waals surface area contributed by atoms with Crippen molar-refractivity contribution in [1.29, 1.82) is 0 Å². The summed E-state index contributed by atoms with van der Waals surface area (Å²) < 4.78 is 0. The van der Waals surface area contributed by atoms with Crippen LogP contribution in [0, 0.1) is 0 Å². The molecule has 0 aromatic carbocycles. The Labute approximate surface area is 280 Å². The summed E-state index contributed by atoms with van der Waals surface area (Å²) in [5.74, 6) is 0. The van der Waals surface area contributed by atoms with Crippen molar-refractivity contribution in [2.24, 2.45) is 0 Å². The largest absolute Gasteiger partial charge is 0.310 e. The van der Waals surface area contributed by atoms with Gasteiger partial charge < -0.3 is 31.1 Å². The number of aromatic nitrogens is 4.